The van der Waals surface area contributed by atoms with Crippen molar-refractivity contribution >= 4 is 0 Å². The monoisotopic (exact) mass is 362 g/mol. The predicted molar refractivity (Wildman–Crippen MR) is 99.3 cm³/mol. The van der Waals surface area contributed by atoms with Crippen molar-refractivity contribution in [3.8, 4) is 11.5 Å². The molecule has 0 radical (unpaired) electrons. The Hall–Kier alpha value is -1.56. The van der Waals surface area contributed by atoms with Gasteiger partial charge in [0, 0.05) is 13.0 Å². The van der Waals surface area contributed by atoms with Gasteiger partial charge in [0.05, 0.1) is 20.3 Å². The number of methoxy groups -OCH3 is 1. The van der Waals surface area contributed by atoms with Crippen molar-refractivity contribution in [2.24, 2.45) is 11.8 Å². The number of aryl methyl sites for hydroxylation is 1. The van der Waals surface area contributed by atoms with Crippen LogP contribution in [0.5, 0.6) is 11.5 Å². The highest BCUT2D eigenvalue weighted by Gasteiger charge is 2.34. The molecule has 0 amide bonds. The molecule has 1 aliphatic carbocycles. The fourth-order valence-corrected chi connectivity index (χ4v) is 3.98. The van der Waals surface area contributed by atoms with E-state index in [1.165, 1.54) is 12.8 Å². The molecule has 1 aliphatic heterocycles. The van der Waals surface area contributed by atoms with Gasteiger partial charge in [-0.1, -0.05) is 25.0 Å². The van der Waals surface area contributed by atoms with Crippen molar-refractivity contribution in [3.63, 3.8) is 0 Å². The average Bonchev–Trinajstić information content (AvgIpc) is 3.15. The lowest BCUT2D eigenvalue weighted by molar-refractivity contribution is -0.121. The molecular weight excluding hydrogens is 332 g/mol. The van der Waals surface area contributed by atoms with Crippen molar-refractivity contribution < 1.29 is 24.4 Å². The predicted octanol–water partition coefficient (Wildman–Crippen LogP) is 3.43. The Labute approximate surface area is 155 Å². The van der Waals surface area contributed by atoms with Crippen LogP contribution in [0.3, 0.4) is 0 Å². The van der Waals surface area contributed by atoms with E-state index in [0.717, 1.165) is 24.8 Å². The van der Waals surface area contributed by atoms with Crippen LogP contribution < -0.4 is 4.74 Å². The maximum absolute atomic E-state index is 9.74. The smallest absolute Gasteiger partial charge is 0.188 e. The zero-order chi connectivity index (χ0) is 18.4. The maximum atomic E-state index is 9.74. The van der Waals surface area contributed by atoms with Gasteiger partial charge in [0.2, 0.25) is 0 Å². The highest BCUT2D eigenvalue weighted by Crippen LogP contribution is 2.34. The summed E-state index contributed by atoms with van der Waals surface area (Å²) < 4.78 is 17.1. The van der Waals surface area contributed by atoms with Crippen LogP contribution in [0.15, 0.2) is 30.4 Å². The summed E-state index contributed by atoms with van der Waals surface area (Å²) in [5.74, 6) is 0.676. The molecule has 1 aromatic carbocycles. The number of aromatic hydroxyl groups is 1. The van der Waals surface area contributed by atoms with Gasteiger partial charge >= 0.3 is 0 Å². The second kappa shape index (κ2) is 8.89. The number of rotatable bonds is 7. The molecule has 2 fully saturated rings. The Balaban J connectivity index is 1.67. The Morgan fingerprint density at radius 1 is 1.23 bits per heavy atom. The van der Waals surface area contributed by atoms with E-state index in [2.05, 4.69) is 12.2 Å². The van der Waals surface area contributed by atoms with Gasteiger partial charge in [0.15, 0.2) is 17.3 Å². The van der Waals surface area contributed by atoms with E-state index in [1.807, 2.05) is 12.1 Å². The first-order chi connectivity index (χ1) is 12.7. The molecule has 2 aliphatic rings. The first-order valence-electron chi connectivity index (χ1n) is 9.60. The lowest BCUT2D eigenvalue weighted by atomic mass is 9.79. The van der Waals surface area contributed by atoms with Gasteiger partial charge in [-0.05, 0) is 54.9 Å². The summed E-state index contributed by atoms with van der Waals surface area (Å²) in [4.78, 5) is 0. The molecule has 2 N–H and O–H groups in total. The average molecular weight is 362 g/mol. The zero-order valence-corrected chi connectivity index (χ0v) is 15.5. The van der Waals surface area contributed by atoms with Crippen molar-refractivity contribution in [2.45, 2.75) is 44.3 Å². The van der Waals surface area contributed by atoms with Gasteiger partial charge in [0.25, 0.3) is 0 Å². The molecule has 3 rings (SSSR count). The quantitative estimate of drug-likeness (QED) is 0.728. The van der Waals surface area contributed by atoms with Gasteiger partial charge in [-0.2, -0.15) is 0 Å². The minimum absolute atomic E-state index is 0.145. The van der Waals surface area contributed by atoms with Crippen molar-refractivity contribution in [3.05, 3.63) is 35.9 Å². The number of aliphatic hydroxyl groups excluding tert-OH is 1. The highest BCUT2D eigenvalue weighted by molar-refractivity contribution is 5.41. The molecule has 2 atom stereocenters. The Morgan fingerprint density at radius 3 is 2.73 bits per heavy atom. The van der Waals surface area contributed by atoms with Crippen molar-refractivity contribution in [1.82, 2.24) is 0 Å². The Kier molecular flexibility index (Phi) is 6.57. The largest absolute Gasteiger partial charge is 0.504 e. The van der Waals surface area contributed by atoms with Crippen LogP contribution in [-0.4, -0.2) is 42.9 Å². The van der Waals surface area contributed by atoms with Gasteiger partial charge in [-0.3, -0.25) is 0 Å². The van der Waals surface area contributed by atoms with E-state index in [1.54, 1.807) is 13.2 Å². The summed E-state index contributed by atoms with van der Waals surface area (Å²) in [6.07, 6.45) is 10.4. The molecule has 5 nitrogen and oxygen atoms in total. The van der Waals surface area contributed by atoms with E-state index in [0.29, 0.717) is 37.2 Å². The molecule has 26 heavy (non-hydrogen) atoms. The van der Waals surface area contributed by atoms with Crippen LogP contribution in [0, 0.1) is 11.8 Å². The standard InChI is InChI=1S/C21H30O5/c1-24-20-14-16(6-7-19(20)23)8-10-21(25-12-13-26-21)11-9-17-4-2-3-5-18(17)15-22/h6-7,9,11,14,17-18,22-23H,2-5,8,10,12-13,15H2,1H3/b11-9+. The summed E-state index contributed by atoms with van der Waals surface area (Å²) in [6, 6.07) is 5.40. The first kappa shape index (κ1) is 19.2. The van der Waals surface area contributed by atoms with E-state index < -0.39 is 5.79 Å². The zero-order valence-electron chi connectivity index (χ0n) is 15.5. The fraction of sp³-hybridized carbons (Fsp3) is 0.619. The molecule has 1 saturated heterocycles. The molecule has 1 saturated carbocycles. The number of aliphatic hydroxyl groups is 1. The summed E-state index contributed by atoms with van der Waals surface area (Å²) in [7, 11) is 1.55. The number of ether oxygens (including phenoxy) is 3. The van der Waals surface area contributed by atoms with Gasteiger partial charge < -0.3 is 24.4 Å². The van der Waals surface area contributed by atoms with Crippen LogP contribution in [-0.2, 0) is 15.9 Å². The molecular formula is C21H30O5. The van der Waals surface area contributed by atoms with Crippen LogP contribution in [0.4, 0.5) is 0 Å². The SMILES string of the molecule is COc1cc(CCC2(/C=C/C3CCCCC3CO)OCCO2)ccc1O. The van der Waals surface area contributed by atoms with E-state index >= 15 is 0 Å². The van der Waals surface area contributed by atoms with E-state index in [4.69, 9.17) is 14.2 Å². The lowest BCUT2D eigenvalue weighted by Gasteiger charge is -2.30. The summed E-state index contributed by atoms with van der Waals surface area (Å²) in [6.45, 7) is 1.44. The maximum Gasteiger partial charge on any atom is 0.188 e. The fourth-order valence-electron chi connectivity index (χ4n) is 3.98. The molecule has 1 aromatic rings. The molecule has 5 heteroatoms. The number of benzene rings is 1. The third-order valence-corrected chi connectivity index (χ3v) is 5.58. The topological polar surface area (TPSA) is 68.2 Å². The minimum atomic E-state index is -0.692. The summed E-state index contributed by atoms with van der Waals surface area (Å²) in [5, 5.41) is 19.3. The van der Waals surface area contributed by atoms with Crippen molar-refractivity contribution in [2.75, 3.05) is 26.9 Å². The number of hydrogen-bond donors (Lipinski definition) is 2. The van der Waals surface area contributed by atoms with Crippen LogP contribution in [0.1, 0.15) is 37.7 Å². The third-order valence-electron chi connectivity index (χ3n) is 5.58. The normalized spacial score (nSPS) is 25.6. The third kappa shape index (κ3) is 4.58. The molecule has 144 valence electrons. The van der Waals surface area contributed by atoms with Crippen LogP contribution in [0.2, 0.25) is 0 Å². The van der Waals surface area contributed by atoms with Gasteiger partial charge in [-0.15, -0.1) is 0 Å². The number of phenols is 1. The highest BCUT2D eigenvalue weighted by atomic mass is 16.7. The summed E-state index contributed by atoms with van der Waals surface area (Å²) in [5.41, 5.74) is 1.07. The lowest BCUT2D eigenvalue weighted by Crippen LogP contribution is -2.29. The minimum Gasteiger partial charge on any atom is -0.504 e. The second-order valence-corrected chi connectivity index (χ2v) is 7.27. The molecule has 0 aromatic heterocycles. The molecule has 0 bridgehead atoms. The first-order valence-corrected chi connectivity index (χ1v) is 9.60. The molecule has 1 heterocycles. The molecule has 2 unspecified atom stereocenters. The molecule has 0 spiro atoms. The number of hydrogen-bond acceptors (Lipinski definition) is 5. The van der Waals surface area contributed by atoms with Crippen molar-refractivity contribution in [1.29, 1.82) is 0 Å². The van der Waals surface area contributed by atoms with Crippen LogP contribution >= 0.6 is 0 Å². The van der Waals surface area contributed by atoms with Gasteiger partial charge in [-0.25, -0.2) is 0 Å². The Bertz CT molecular complexity index is 606. The number of allylic oxidation sites excluding steroid dienone is 1. The van der Waals surface area contributed by atoms with E-state index in [9.17, 15) is 10.2 Å². The summed E-state index contributed by atoms with van der Waals surface area (Å²) >= 11 is 0. The van der Waals surface area contributed by atoms with Gasteiger partial charge in [0.1, 0.15) is 0 Å². The van der Waals surface area contributed by atoms with Crippen LogP contribution in [0.25, 0.3) is 0 Å². The number of phenolic OH excluding ortho intramolecular Hbond substituents is 1. The van der Waals surface area contributed by atoms with E-state index in [-0.39, 0.29) is 12.4 Å². The second-order valence-electron chi connectivity index (χ2n) is 7.27. The Morgan fingerprint density at radius 2 is 2.00 bits per heavy atom.